The van der Waals surface area contributed by atoms with Crippen LogP contribution in [0.1, 0.15) is 27.0 Å². The van der Waals surface area contributed by atoms with E-state index in [-0.39, 0.29) is 12.6 Å². The topological polar surface area (TPSA) is 26.3 Å². The maximum Gasteiger partial charge on any atom is 0.339 e. The molecule has 0 unspecified atom stereocenters. The van der Waals surface area contributed by atoms with Crippen molar-refractivity contribution in [3.63, 3.8) is 0 Å². The number of hydrogen-bond acceptors (Lipinski definition) is 2. The van der Waals surface area contributed by atoms with E-state index in [2.05, 4.69) is 6.58 Å². The zero-order valence-corrected chi connectivity index (χ0v) is 10.9. The summed E-state index contributed by atoms with van der Waals surface area (Å²) >= 11 is 0. The minimum absolute atomic E-state index is 0.282. The summed E-state index contributed by atoms with van der Waals surface area (Å²) in [4.78, 5) is 12.1. The SMILES string of the molecule is C=Cc1ccc(C)cc1C(=O)OCc1ccccc1. The number of carbonyl (C=O) groups is 1. The van der Waals surface area contributed by atoms with E-state index in [9.17, 15) is 4.79 Å². The molecule has 0 radical (unpaired) electrons. The molecule has 0 heterocycles. The van der Waals surface area contributed by atoms with Gasteiger partial charge in [0.25, 0.3) is 0 Å². The average Bonchev–Trinajstić information content (AvgIpc) is 2.46. The Morgan fingerprint density at radius 1 is 1.21 bits per heavy atom. The van der Waals surface area contributed by atoms with Gasteiger partial charge in [-0.3, -0.25) is 0 Å². The van der Waals surface area contributed by atoms with E-state index in [1.54, 1.807) is 6.08 Å². The zero-order valence-electron chi connectivity index (χ0n) is 10.9. The van der Waals surface area contributed by atoms with Gasteiger partial charge in [-0.2, -0.15) is 0 Å². The van der Waals surface area contributed by atoms with Crippen LogP contribution in [-0.2, 0) is 11.3 Å². The quantitative estimate of drug-likeness (QED) is 0.769. The van der Waals surface area contributed by atoms with Crippen molar-refractivity contribution in [2.75, 3.05) is 0 Å². The molecule has 2 aromatic rings. The van der Waals surface area contributed by atoms with Gasteiger partial charge in [0.15, 0.2) is 0 Å². The maximum absolute atomic E-state index is 12.1. The summed E-state index contributed by atoms with van der Waals surface area (Å²) in [7, 11) is 0. The third-order valence-corrected chi connectivity index (χ3v) is 2.86. The lowest BCUT2D eigenvalue weighted by molar-refractivity contribution is 0.0472. The fourth-order valence-electron chi connectivity index (χ4n) is 1.83. The summed E-state index contributed by atoms with van der Waals surface area (Å²) in [6.07, 6.45) is 1.67. The van der Waals surface area contributed by atoms with Gasteiger partial charge in [0.05, 0.1) is 5.56 Å². The Morgan fingerprint density at radius 3 is 2.63 bits per heavy atom. The van der Waals surface area contributed by atoms with Gasteiger partial charge in [0.2, 0.25) is 0 Å². The highest BCUT2D eigenvalue weighted by Crippen LogP contribution is 2.15. The Morgan fingerprint density at radius 2 is 1.95 bits per heavy atom. The summed E-state index contributed by atoms with van der Waals surface area (Å²) in [5, 5.41) is 0. The molecule has 2 nitrogen and oxygen atoms in total. The van der Waals surface area contributed by atoms with E-state index >= 15 is 0 Å². The molecular weight excluding hydrogens is 236 g/mol. The van der Waals surface area contributed by atoms with Crippen LogP contribution in [0.2, 0.25) is 0 Å². The standard InChI is InChI=1S/C17H16O2/c1-3-15-10-9-13(2)11-16(15)17(18)19-12-14-7-5-4-6-8-14/h3-11H,1,12H2,2H3. The molecule has 0 atom stereocenters. The van der Waals surface area contributed by atoms with Gasteiger partial charge in [-0.15, -0.1) is 0 Å². The molecule has 0 bridgehead atoms. The van der Waals surface area contributed by atoms with Crippen molar-refractivity contribution in [3.8, 4) is 0 Å². The maximum atomic E-state index is 12.1. The van der Waals surface area contributed by atoms with E-state index in [1.807, 2.05) is 55.5 Å². The van der Waals surface area contributed by atoms with Crippen LogP contribution in [-0.4, -0.2) is 5.97 Å². The average molecular weight is 252 g/mol. The van der Waals surface area contributed by atoms with E-state index in [0.29, 0.717) is 5.56 Å². The van der Waals surface area contributed by atoms with Crippen LogP contribution < -0.4 is 0 Å². The highest BCUT2D eigenvalue weighted by atomic mass is 16.5. The van der Waals surface area contributed by atoms with Crippen molar-refractivity contribution in [1.82, 2.24) is 0 Å². The minimum atomic E-state index is -0.317. The van der Waals surface area contributed by atoms with Crippen molar-refractivity contribution in [2.24, 2.45) is 0 Å². The molecule has 0 aliphatic rings. The zero-order chi connectivity index (χ0) is 13.7. The number of rotatable bonds is 4. The molecule has 0 spiro atoms. The number of carbonyl (C=O) groups excluding carboxylic acids is 1. The number of benzene rings is 2. The lowest BCUT2D eigenvalue weighted by Gasteiger charge is -2.08. The smallest absolute Gasteiger partial charge is 0.339 e. The van der Waals surface area contributed by atoms with Crippen LogP contribution in [0.3, 0.4) is 0 Å². The first-order valence-electron chi connectivity index (χ1n) is 6.15. The summed E-state index contributed by atoms with van der Waals surface area (Å²) in [5.41, 5.74) is 3.36. The van der Waals surface area contributed by atoms with Crippen LogP contribution >= 0.6 is 0 Å². The molecule has 0 aliphatic carbocycles. The molecule has 2 rings (SSSR count). The second-order valence-corrected chi connectivity index (χ2v) is 4.36. The Labute approximate surface area is 113 Å². The molecule has 0 saturated carbocycles. The second-order valence-electron chi connectivity index (χ2n) is 4.36. The van der Waals surface area contributed by atoms with E-state index in [4.69, 9.17) is 4.74 Å². The minimum Gasteiger partial charge on any atom is -0.457 e. The molecular formula is C17H16O2. The first-order valence-corrected chi connectivity index (χ1v) is 6.15. The highest BCUT2D eigenvalue weighted by Gasteiger charge is 2.11. The molecule has 0 aliphatic heterocycles. The number of ether oxygens (including phenoxy) is 1. The van der Waals surface area contributed by atoms with Crippen LogP contribution in [0.15, 0.2) is 55.1 Å². The van der Waals surface area contributed by atoms with Crippen molar-refractivity contribution in [1.29, 1.82) is 0 Å². The number of hydrogen-bond donors (Lipinski definition) is 0. The van der Waals surface area contributed by atoms with E-state index in [0.717, 1.165) is 16.7 Å². The molecule has 0 aromatic heterocycles. The van der Waals surface area contributed by atoms with Crippen molar-refractivity contribution in [2.45, 2.75) is 13.5 Å². The monoisotopic (exact) mass is 252 g/mol. The van der Waals surface area contributed by atoms with E-state index < -0.39 is 0 Å². The van der Waals surface area contributed by atoms with Gasteiger partial charge < -0.3 is 4.74 Å². The van der Waals surface area contributed by atoms with Crippen LogP contribution in [0, 0.1) is 6.92 Å². The Bertz CT molecular complexity index is 585. The van der Waals surface area contributed by atoms with Crippen LogP contribution in [0.5, 0.6) is 0 Å². The number of esters is 1. The molecule has 0 amide bonds. The summed E-state index contributed by atoms with van der Waals surface area (Å²) in [6, 6.07) is 15.3. The summed E-state index contributed by atoms with van der Waals surface area (Å²) in [6.45, 7) is 5.94. The Balaban J connectivity index is 2.12. The lowest BCUT2D eigenvalue weighted by atomic mass is 10.0. The van der Waals surface area contributed by atoms with Gasteiger partial charge in [0.1, 0.15) is 6.61 Å². The van der Waals surface area contributed by atoms with Gasteiger partial charge in [-0.25, -0.2) is 4.79 Å². The van der Waals surface area contributed by atoms with Crippen LogP contribution in [0.4, 0.5) is 0 Å². The molecule has 0 fully saturated rings. The second kappa shape index (κ2) is 6.01. The van der Waals surface area contributed by atoms with Crippen LogP contribution in [0.25, 0.3) is 6.08 Å². The normalized spacial score (nSPS) is 9.95. The van der Waals surface area contributed by atoms with Gasteiger partial charge >= 0.3 is 5.97 Å². The first kappa shape index (κ1) is 13.1. The lowest BCUT2D eigenvalue weighted by Crippen LogP contribution is -2.07. The Kier molecular flexibility index (Phi) is 4.14. The van der Waals surface area contributed by atoms with Crippen molar-refractivity contribution < 1.29 is 9.53 Å². The molecule has 2 heteroatoms. The van der Waals surface area contributed by atoms with Gasteiger partial charge in [-0.05, 0) is 24.1 Å². The molecule has 2 aromatic carbocycles. The fourth-order valence-corrected chi connectivity index (χ4v) is 1.83. The van der Waals surface area contributed by atoms with Gasteiger partial charge in [-0.1, -0.05) is 60.7 Å². The molecule has 0 N–H and O–H groups in total. The fraction of sp³-hybridized carbons (Fsp3) is 0.118. The predicted octanol–water partition coefficient (Wildman–Crippen LogP) is 4.00. The Hall–Kier alpha value is -2.35. The van der Waals surface area contributed by atoms with Gasteiger partial charge in [0, 0.05) is 0 Å². The molecule has 96 valence electrons. The summed E-state index contributed by atoms with van der Waals surface area (Å²) < 4.78 is 5.32. The number of aryl methyl sites for hydroxylation is 1. The third-order valence-electron chi connectivity index (χ3n) is 2.86. The highest BCUT2D eigenvalue weighted by molar-refractivity contribution is 5.93. The predicted molar refractivity (Wildman–Crippen MR) is 76.8 cm³/mol. The third kappa shape index (κ3) is 3.32. The molecule has 0 saturated heterocycles. The van der Waals surface area contributed by atoms with E-state index in [1.165, 1.54) is 0 Å². The van der Waals surface area contributed by atoms with Crippen molar-refractivity contribution >= 4 is 12.0 Å². The largest absolute Gasteiger partial charge is 0.457 e. The van der Waals surface area contributed by atoms with Crippen molar-refractivity contribution in [3.05, 3.63) is 77.4 Å². The molecule has 19 heavy (non-hydrogen) atoms. The summed E-state index contributed by atoms with van der Waals surface area (Å²) in [5.74, 6) is -0.317. The first-order chi connectivity index (χ1) is 9.20.